The zero-order valence-electron chi connectivity index (χ0n) is 36.4. The lowest BCUT2D eigenvalue weighted by Crippen LogP contribution is -2.37. The van der Waals surface area contributed by atoms with Gasteiger partial charge in [-0.25, -0.2) is 0 Å². The van der Waals surface area contributed by atoms with Crippen molar-refractivity contribution in [3.63, 3.8) is 0 Å². The number of aromatic hydroxyl groups is 1. The molecule has 330 valence electrons. The van der Waals surface area contributed by atoms with Crippen LogP contribution in [0.15, 0.2) is 121 Å². The number of likely N-dealkylation sites (tertiary alicyclic amines) is 2. The van der Waals surface area contributed by atoms with Crippen molar-refractivity contribution in [3.8, 4) is 11.5 Å². The summed E-state index contributed by atoms with van der Waals surface area (Å²) in [4.78, 5) is 47.3. The summed E-state index contributed by atoms with van der Waals surface area (Å²) in [7, 11) is 1.67. The zero-order valence-corrected chi connectivity index (χ0v) is 37.9. The van der Waals surface area contributed by atoms with Crippen LogP contribution in [-0.4, -0.2) is 79.9 Å². The number of halogens is 2. The first-order valence-electron chi connectivity index (χ1n) is 22.3. The molecule has 2 aromatic carbocycles. The number of pyridine rings is 4. The number of nitrogens with zero attached hydrogens (tertiary/aromatic N) is 6. The van der Waals surface area contributed by atoms with E-state index in [0.717, 1.165) is 106 Å². The third-order valence-electron chi connectivity index (χ3n) is 12.9. The molecule has 2 fully saturated rings. The van der Waals surface area contributed by atoms with Gasteiger partial charge in [0.1, 0.15) is 11.5 Å². The number of rotatable bonds is 5. The Labute approximate surface area is 389 Å². The molecule has 0 saturated carbocycles. The van der Waals surface area contributed by atoms with Crippen LogP contribution in [0, 0.1) is 0 Å². The number of aromatic nitrogens is 4. The summed E-state index contributed by atoms with van der Waals surface area (Å²) in [5, 5.41) is 11.5. The van der Waals surface area contributed by atoms with E-state index in [4.69, 9.17) is 32.9 Å². The Morgan fingerprint density at radius 3 is 1.51 bits per heavy atom. The monoisotopic (exact) mass is 904 g/mol. The van der Waals surface area contributed by atoms with Crippen LogP contribution in [0.4, 0.5) is 0 Å². The quantitative estimate of drug-likeness (QED) is 0.182. The van der Waals surface area contributed by atoms with E-state index in [1.54, 1.807) is 38.1 Å². The average Bonchev–Trinajstić information content (AvgIpc) is 3.59. The van der Waals surface area contributed by atoms with E-state index in [1.807, 2.05) is 58.3 Å². The first-order valence-corrected chi connectivity index (χ1v) is 23.0. The molecule has 12 heteroatoms. The third kappa shape index (κ3) is 9.99. The number of amides is 2. The average molecular weight is 906 g/mol. The lowest BCUT2D eigenvalue weighted by molar-refractivity contribution is -0.131. The molecule has 0 atom stereocenters. The highest BCUT2D eigenvalue weighted by molar-refractivity contribution is 6.31. The van der Waals surface area contributed by atoms with Gasteiger partial charge in [-0.1, -0.05) is 58.6 Å². The highest BCUT2D eigenvalue weighted by atomic mass is 35.5. The maximum absolute atomic E-state index is 12.9. The topological polar surface area (TPSA) is 122 Å². The molecular formula is C53H50Cl2N6O4. The smallest absolute Gasteiger partial charge is 0.227 e. The molecule has 6 aromatic rings. The fourth-order valence-corrected chi connectivity index (χ4v) is 9.98. The molecular weight excluding hydrogens is 856 g/mol. The van der Waals surface area contributed by atoms with Crippen LogP contribution in [0.2, 0.25) is 10.0 Å². The molecule has 2 aliphatic carbocycles. The van der Waals surface area contributed by atoms with Crippen molar-refractivity contribution in [1.82, 2.24) is 29.7 Å². The second-order valence-electron chi connectivity index (χ2n) is 17.0. The molecule has 2 amide bonds. The van der Waals surface area contributed by atoms with Gasteiger partial charge in [0.05, 0.1) is 43.7 Å². The summed E-state index contributed by atoms with van der Waals surface area (Å²) >= 11 is 12.6. The van der Waals surface area contributed by atoms with Crippen LogP contribution in [0.1, 0.15) is 81.6 Å². The number of ether oxygens (including phenoxy) is 1. The number of aryl methyl sites for hydroxylation is 4. The number of hydrogen-bond donors (Lipinski definition) is 1. The molecule has 0 radical (unpaired) electrons. The van der Waals surface area contributed by atoms with Crippen LogP contribution in [-0.2, 0) is 48.1 Å². The van der Waals surface area contributed by atoms with E-state index < -0.39 is 0 Å². The van der Waals surface area contributed by atoms with Crippen molar-refractivity contribution in [1.29, 1.82) is 0 Å². The first kappa shape index (κ1) is 43.9. The standard InChI is InChI=1S/C27H26ClN3O2.C26H24ClN3O2/c1-33-23-15-21-5-4-20-14-22(28)6-7-24(20)26(27(21)30-17-23)19-8-11-31(12-9-19)25(32)13-18-3-2-10-29-16-18;27-21-5-6-23-19(13-21)3-4-20-14-22(31)16-29-26(20)25(23)18-7-10-30(11-8-18)24(32)12-17-2-1-9-28-15-17/h2-3,6-7,10,14-17H,4-5,8-9,11-13H2,1H3;1-2,5-6,9,13-16,31H,3-4,7-8,10-12H2. The summed E-state index contributed by atoms with van der Waals surface area (Å²) in [5.41, 5.74) is 15.9. The molecule has 65 heavy (non-hydrogen) atoms. The number of carbonyl (C=O) groups excluding carboxylic acids is 2. The Kier molecular flexibility index (Phi) is 13.4. The summed E-state index contributed by atoms with van der Waals surface area (Å²) in [6.45, 7) is 2.81. The Bertz CT molecular complexity index is 2740. The minimum atomic E-state index is 0.138. The Balaban J connectivity index is 0.000000164. The van der Waals surface area contributed by atoms with Gasteiger partial charge >= 0.3 is 0 Å². The fourth-order valence-electron chi connectivity index (χ4n) is 9.60. The minimum absolute atomic E-state index is 0.138. The summed E-state index contributed by atoms with van der Waals surface area (Å²) < 4.78 is 5.44. The third-order valence-corrected chi connectivity index (χ3v) is 13.4. The molecule has 2 saturated heterocycles. The van der Waals surface area contributed by atoms with Gasteiger partial charge in [-0.15, -0.1) is 0 Å². The van der Waals surface area contributed by atoms with Crippen LogP contribution in [0.3, 0.4) is 0 Å². The van der Waals surface area contributed by atoms with Crippen molar-refractivity contribution in [2.75, 3.05) is 33.3 Å². The van der Waals surface area contributed by atoms with E-state index >= 15 is 0 Å². The lowest BCUT2D eigenvalue weighted by Gasteiger charge is -2.30. The van der Waals surface area contributed by atoms with Gasteiger partial charge in [0.2, 0.25) is 11.8 Å². The van der Waals surface area contributed by atoms with E-state index in [1.165, 1.54) is 45.2 Å². The van der Waals surface area contributed by atoms with E-state index in [0.29, 0.717) is 39.0 Å². The zero-order chi connectivity index (χ0) is 44.9. The molecule has 10 rings (SSSR count). The number of piperidine rings is 2. The van der Waals surface area contributed by atoms with Crippen LogP contribution >= 0.6 is 23.2 Å². The molecule has 0 unspecified atom stereocenters. The van der Waals surface area contributed by atoms with Crippen molar-refractivity contribution in [2.45, 2.75) is 64.2 Å². The van der Waals surface area contributed by atoms with Crippen LogP contribution in [0.5, 0.6) is 11.5 Å². The number of benzene rings is 2. The van der Waals surface area contributed by atoms with Crippen molar-refractivity contribution in [3.05, 3.63) is 187 Å². The molecule has 2 aliphatic heterocycles. The van der Waals surface area contributed by atoms with Gasteiger partial charge in [-0.05, 0) is 144 Å². The number of fused-ring (bicyclic) bond motifs is 4. The maximum atomic E-state index is 12.9. The SMILES string of the molecule is COc1cnc2c(c1)CCc1cc(Cl)ccc1C2=C1CCN(C(=O)Cc2cccnc2)CC1.O=C(Cc1cccnc1)N1CCC(=C2c3ccc(Cl)cc3CCc3cc(O)cnc32)CC1. The largest absolute Gasteiger partial charge is 0.506 e. The van der Waals surface area contributed by atoms with Crippen LogP contribution in [0.25, 0.3) is 11.1 Å². The lowest BCUT2D eigenvalue weighted by atomic mass is 9.88. The second kappa shape index (κ2) is 19.8. The van der Waals surface area contributed by atoms with Crippen molar-refractivity contribution in [2.24, 2.45) is 0 Å². The fraction of sp³-hybridized carbons (Fsp3) is 0.283. The van der Waals surface area contributed by atoms with Crippen LogP contribution < -0.4 is 4.74 Å². The number of methoxy groups -OCH3 is 1. The Hall–Kier alpha value is -6.36. The first-order chi connectivity index (χ1) is 31.7. The van der Waals surface area contributed by atoms with Gasteiger partial charge in [0.15, 0.2) is 0 Å². The summed E-state index contributed by atoms with van der Waals surface area (Å²) in [5.74, 6) is 1.26. The van der Waals surface area contributed by atoms with E-state index in [9.17, 15) is 14.7 Å². The predicted octanol–water partition coefficient (Wildman–Crippen LogP) is 9.51. The highest BCUT2D eigenvalue weighted by Gasteiger charge is 2.29. The second-order valence-corrected chi connectivity index (χ2v) is 17.9. The maximum Gasteiger partial charge on any atom is 0.227 e. The molecule has 6 heterocycles. The molecule has 10 nitrogen and oxygen atoms in total. The highest BCUT2D eigenvalue weighted by Crippen LogP contribution is 2.41. The molecule has 0 bridgehead atoms. The van der Waals surface area contributed by atoms with Crippen molar-refractivity contribution >= 4 is 46.2 Å². The Morgan fingerprint density at radius 1 is 0.585 bits per heavy atom. The molecule has 4 aromatic heterocycles. The van der Waals surface area contributed by atoms with Gasteiger partial charge < -0.3 is 19.6 Å². The van der Waals surface area contributed by atoms with E-state index in [2.05, 4.69) is 39.2 Å². The molecule has 4 aliphatic rings. The van der Waals surface area contributed by atoms with Gasteiger partial charge in [0, 0.05) is 72.2 Å². The van der Waals surface area contributed by atoms with E-state index in [-0.39, 0.29) is 17.6 Å². The normalized spacial score (nSPS) is 15.6. The van der Waals surface area contributed by atoms with Crippen molar-refractivity contribution < 1.29 is 19.4 Å². The minimum Gasteiger partial charge on any atom is -0.506 e. The van der Waals surface area contributed by atoms with Gasteiger partial charge in [-0.3, -0.25) is 29.5 Å². The molecule has 1 N–H and O–H groups in total. The van der Waals surface area contributed by atoms with Gasteiger partial charge in [0.25, 0.3) is 0 Å². The predicted molar refractivity (Wildman–Crippen MR) is 254 cm³/mol. The molecule has 0 spiro atoms. The number of carbonyl (C=O) groups is 2. The van der Waals surface area contributed by atoms with Gasteiger partial charge in [-0.2, -0.15) is 0 Å². The summed E-state index contributed by atoms with van der Waals surface area (Å²) in [6.07, 6.45) is 17.8. The Morgan fingerprint density at radius 2 is 1.05 bits per heavy atom. The number of hydrogen-bond acceptors (Lipinski definition) is 8. The summed E-state index contributed by atoms with van der Waals surface area (Å²) in [6, 6.07) is 23.8.